The second kappa shape index (κ2) is 7.26. The summed E-state index contributed by atoms with van der Waals surface area (Å²) in [4.78, 5) is 0. The van der Waals surface area contributed by atoms with Crippen LogP contribution in [0, 0.1) is 17.8 Å². The average Bonchev–Trinajstić information content (AvgIpc) is 3.23. The van der Waals surface area contributed by atoms with Gasteiger partial charge in [0.15, 0.2) is 0 Å². The number of hydrogen-bond acceptors (Lipinski definition) is 1. The zero-order chi connectivity index (χ0) is 14.5. The minimum Gasteiger partial charge on any atom is -0.310 e. The van der Waals surface area contributed by atoms with Gasteiger partial charge >= 0.3 is 0 Å². The molecule has 1 nitrogen and oxygen atoms in total. The molecule has 1 aliphatic rings. The van der Waals surface area contributed by atoms with Crippen molar-refractivity contribution in [2.75, 3.05) is 6.54 Å². The van der Waals surface area contributed by atoms with Crippen LogP contribution in [-0.4, -0.2) is 6.54 Å². The summed E-state index contributed by atoms with van der Waals surface area (Å²) in [6.45, 7) is 10.4. The van der Waals surface area contributed by atoms with E-state index in [9.17, 15) is 0 Å². The molecule has 0 aliphatic heterocycles. The van der Waals surface area contributed by atoms with Crippen LogP contribution < -0.4 is 5.32 Å². The standard InChI is InChI=1S/C19H31N/c1-5-11-20-19(15(4)17-9-10-17)18-8-6-7-16(13-18)12-14(2)3/h6-8,13-15,17,19-20H,5,9-12H2,1-4H3. The summed E-state index contributed by atoms with van der Waals surface area (Å²) in [5.41, 5.74) is 2.99. The number of hydrogen-bond donors (Lipinski definition) is 1. The van der Waals surface area contributed by atoms with Crippen molar-refractivity contribution in [1.29, 1.82) is 0 Å². The zero-order valence-electron chi connectivity index (χ0n) is 13.7. The summed E-state index contributed by atoms with van der Waals surface area (Å²) in [5, 5.41) is 3.79. The molecule has 0 heterocycles. The quantitative estimate of drug-likeness (QED) is 0.705. The van der Waals surface area contributed by atoms with E-state index in [1.807, 2.05) is 0 Å². The van der Waals surface area contributed by atoms with Gasteiger partial charge in [-0.25, -0.2) is 0 Å². The molecule has 1 fully saturated rings. The van der Waals surface area contributed by atoms with Gasteiger partial charge in [0.2, 0.25) is 0 Å². The Morgan fingerprint density at radius 3 is 2.55 bits per heavy atom. The van der Waals surface area contributed by atoms with Crippen LogP contribution in [0.5, 0.6) is 0 Å². The molecule has 1 saturated carbocycles. The van der Waals surface area contributed by atoms with Crippen molar-refractivity contribution in [2.45, 2.75) is 59.4 Å². The minimum atomic E-state index is 0.537. The Morgan fingerprint density at radius 2 is 1.95 bits per heavy atom. The van der Waals surface area contributed by atoms with Crippen LogP contribution in [-0.2, 0) is 6.42 Å². The SMILES string of the molecule is CCCNC(c1cccc(CC(C)C)c1)C(C)C1CC1. The lowest BCUT2D eigenvalue weighted by Gasteiger charge is -2.26. The van der Waals surface area contributed by atoms with Crippen molar-refractivity contribution >= 4 is 0 Å². The Labute approximate surface area is 125 Å². The van der Waals surface area contributed by atoms with Gasteiger partial charge in [-0.1, -0.05) is 52.0 Å². The molecule has 0 radical (unpaired) electrons. The lowest BCUT2D eigenvalue weighted by atomic mass is 9.89. The van der Waals surface area contributed by atoms with Crippen molar-refractivity contribution in [3.63, 3.8) is 0 Å². The summed E-state index contributed by atoms with van der Waals surface area (Å²) in [7, 11) is 0. The topological polar surface area (TPSA) is 12.0 Å². The largest absolute Gasteiger partial charge is 0.310 e. The lowest BCUT2D eigenvalue weighted by molar-refractivity contribution is 0.349. The Bertz CT molecular complexity index is 406. The summed E-state index contributed by atoms with van der Waals surface area (Å²) < 4.78 is 0. The van der Waals surface area contributed by atoms with Crippen LogP contribution in [0.3, 0.4) is 0 Å². The predicted octanol–water partition coefficient (Wildman–Crippen LogP) is 4.97. The maximum Gasteiger partial charge on any atom is 0.0348 e. The van der Waals surface area contributed by atoms with Crippen LogP contribution in [0.1, 0.15) is 64.1 Å². The Balaban J connectivity index is 2.13. The Morgan fingerprint density at radius 1 is 1.20 bits per heavy atom. The van der Waals surface area contributed by atoms with Crippen molar-refractivity contribution in [3.8, 4) is 0 Å². The summed E-state index contributed by atoms with van der Waals surface area (Å²) in [6, 6.07) is 9.81. The third-order valence-corrected chi connectivity index (χ3v) is 4.46. The van der Waals surface area contributed by atoms with E-state index in [0.29, 0.717) is 6.04 Å². The highest BCUT2D eigenvalue weighted by Crippen LogP contribution is 2.42. The minimum absolute atomic E-state index is 0.537. The lowest BCUT2D eigenvalue weighted by Crippen LogP contribution is -2.28. The van der Waals surface area contributed by atoms with Crippen LogP contribution >= 0.6 is 0 Å². The molecule has 1 N–H and O–H groups in total. The first-order chi connectivity index (χ1) is 9.61. The van der Waals surface area contributed by atoms with E-state index in [1.165, 1.54) is 36.8 Å². The molecule has 2 unspecified atom stereocenters. The molecule has 2 atom stereocenters. The van der Waals surface area contributed by atoms with E-state index in [4.69, 9.17) is 0 Å². The first-order valence-corrected chi connectivity index (χ1v) is 8.44. The molecule has 20 heavy (non-hydrogen) atoms. The van der Waals surface area contributed by atoms with Gasteiger partial charge in [-0.2, -0.15) is 0 Å². The molecule has 1 aromatic rings. The van der Waals surface area contributed by atoms with Gasteiger partial charge in [-0.15, -0.1) is 0 Å². The smallest absolute Gasteiger partial charge is 0.0348 e. The van der Waals surface area contributed by atoms with Gasteiger partial charge < -0.3 is 5.32 Å². The monoisotopic (exact) mass is 273 g/mol. The van der Waals surface area contributed by atoms with Gasteiger partial charge in [0.05, 0.1) is 0 Å². The van der Waals surface area contributed by atoms with Gasteiger partial charge in [-0.3, -0.25) is 0 Å². The molecule has 1 aromatic carbocycles. The molecule has 0 bridgehead atoms. The first kappa shape index (κ1) is 15.6. The molecule has 112 valence electrons. The fraction of sp³-hybridized carbons (Fsp3) is 0.684. The van der Waals surface area contributed by atoms with E-state index in [0.717, 1.165) is 24.3 Å². The van der Waals surface area contributed by atoms with E-state index in [1.54, 1.807) is 0 Å². The van der Waals surface area contributed by atoms with E-state index in [2.05, 4.69) is 57.3 Å². The van der Waals surface area contributed by atoms with Crippen LogP contribution in [0.4, 0.5) is 0 Å². The van der Waals surface area contributed by atoms with Gasteiger partial charge in [0, 0.05) is 6.04 Å². The Hall–Kier alpha value is -0.820. The maximum absolute atomic E-state index is 3.79. The molecule has 0 aromatic heterocycles. The van der Waals surface area contributed by atoms with Crippen molar-refractivity contribution in [1.82, 2.24) is 5.32 Å². The summed E-state index contributed by atoms with van der Waals surface area (Å²) >= 11 is 0. The molecule has 0 saturated heterocycles. The summed E-state index contributed by atoms with van der Waals surface area (Å²) in [6.07, 6.45) is 5.25. The second-order valence-corrected chi connectivity index (χ2v) is 6.97. The van der Waals surface area contributed by atoms with E-state index >= 15 is 0 Å². The number of rotatable bonds is 8. The third kappa shape index (κ3) is 4.34. The van der Waals surface area contributed by atoms with Gasteiger partial charge in [0.1, 0.15) is 0 Å². The van der Waals surface area contributed by atoms with Gasteiger partial charge in [0.25, 0.3) is 0 Å². The second-order valence-electron chi connectivity index (χ2n) is 6.97. The van der Waals surface area contributed by atoms with Crippen LogP contribution in [0.15, 0.2) is 24.3 Å². The predicted molar refractivity (Wildman–Crippen MR) is 87.9 cm³/mol. The van der Waals surface area contributed by atoms with Crippen LogP contribution in [0.25, 0.3) is 0 Å². The summed E-state index contributed by atoms with van der Waals surface area (Å²) in [5.74, 6) is 2.43. The molecule has 1 aliphatic carbocycles. The molecular weight excluding hydrogens is 242 g/mol. The molecule has 2 rings (SSSR count). The fourth-order valence-corrected chi connectivity index (χ4v) is 3.19. The maximum atomic E-state index is 3.79. The van der Waals surface area contributed by atoms with Gasteiger partial charge in [-0.05, 0) is 61.1 Å². The average molecular weight is 273 g/mol. The van der Waals surface area contributed by atoms with Crippen LogP contribution in [0.2, 0.25) is 0 Å². The fourth-order valence-electron chi connectivity index (χ4n) is 3.19. The van der Waals surface area contributed by atoms with E-state index in [-0.39, 0.29) is 0 Å². The zero-order valence-corrected chi connectivity index (χ0v) is 13.7. The highest BCUT2D eigenvalue weighted by molar-refractivity contribution is 5.27. The third-order valence-electron chi connectivity index (χ3n) is 4.46. The highest BCUT2D eigenvalue weighted by Gasteiger charge is 2.33. The molecule has 0 spiro atoms. The van der Waals surface area contributed by atoms with Crippen molar-refractivity contribution < 1.29 is 0 Å². The van der Waals surface area contributed by atoms with Crippen molar-refractivity contribution in [2.24, 2.45) is 17.8 Å². The molecule has 0 amide bonds. The van der Waals surface area contributed by atoms with E-state index < -0.39 is 0 Å². The first-order valence-electron chi connectivity index (χ1n) is 8.44. The molecular formula is C19H31N. The number of benzene rings is 1. The molecule has 1 heteroatoms. The Kier molecular flexibility index (Phi) is 5.65. The normalized spacial score (nSPS) is 18.2. The number of nitrogens with one attached hydrogen (secondary N) is 1. The van der Waals surface area contributed by atoms with Crippen molar-refractivity contribution in [3.05, 3.63) is 35.4 Å². The highest BCUT2D eigenvalue weighted by atomic mass is 14.9.